The van der Waals surface area contributed by atoms with Crippen molar-refractivity contribution in [1.29, 1.82) is 0 Å². The maximum Gasteiger partial charge on any atom is 1.00 e. The van der Waals surface area contributed by atoms with Gasteiger partial charge in [-0.25, -0.2) is 0 Å². The second-order valence-electron chi connectivity index (χ2n) is 3.60. The van der Waals surface area contributed by atoms with Gasteiger partial charge in [0.15, 0.2) is 0 Å². The molecule has 1 aromatic carbocycles. The van der Waals surface area contributed by atoms with E-state index >= 15 is 0 Å². The summed E-state index contributed by atoms with van der Waals surface area (Å²) in [7, 11) is 0. The standard InChI is InChI=1S/C10H7BClF3N.K/c1-6-4-7(11(13,14)15)5-8-9(12)2-3-16-10(6)8;/h2-5H,1H3;/q-1;+1. The van der Waals surface area contributed by atoms with E-state index in [2.05, 4.69) is 4.98 Å². The molecule has 1 heterocycles. The molecule has 0 unspecified atom stereocenters. The largest absolute Gasteiger partial charge is 1.00 e. The summed E-state index contributed by atoms with van der Waals surface area (Å²) in [5.74, 6) is 0. The second kappa shape index (κ2) is 5.59. The van der Waals surface area contributed by atoms with Gasteiger partial charge in [0.1, 0.15) is 0 Å². The van der Waals surface area contributed by atoms with Crippen molar-refractivity contribution in [3.63, 3.8) is 0 Å². The Morgan fingerprint density at radius 3 is 2.47 bits per heavy atom. The van der Waals surface area contributed by atoms with Crippen molar-refractivity contribution >= 4 is 34.9 Å². The van der Waals surface area contributed by atoms with Crippen LogP contribution in [0.4, 0.5) is 12.9 Å². The summed E-state index contributed by atoms with van der Waals surface area (Å²) in [5, 5.41) is 0.633. The van der Waals surface area contributed by atoms with Gasteiger partial charge in [-0.15, -0.1) is 5.46 Å². The van der Waals surface area contributed by atoms with Crippen molar-refractivity contribution < 1.29 is 64.3 Å². The fourth-order valence-electron chi connectivity index (χ4n) is 1.62. The third-order valence-corrected chi connectivity index (χ3v) is 2.71. The molecular formula is C10H7BClF3KN. The second-order valence-corrected chi connectivity index (χ2v) is 4.01. The van der Waals surface area contributed by atoms with E-state index in [0.29, 0.717) is 16.5 Å². The summed E-state index contributed by atoms with van der Waals surface area (Å²) in [6.45, 7) is -3.41. The summed E-state index contributed by atoms with van der Waals surface area (Å²) in [4.78, 5) is 4.02. The average molecular weight is 284 g/mol. The first-order valence-electron chi connectivity index (χ1n) is 4.64. The van der Waals surface area contributed by atoms with Gasteiger partial charge in [-0.3, -0.25) is 4.98 Å². The van der Waals surface area contributed by atoms with Crippen molar-refractivity contribution in [1.82, 2.24) is 4.98 Å². The van der Waals surface area contributed by atoms with E-state index in [9.17, 15) is 12.9 Å². The summed E-state index contributed by atoms with van der Waals surface area (Å²) >= 11 is 5.85. The molecule has 0 bridgehead atoms. The van der Waals surface area contributed by atoms with Crippen molar-refractivity contribution in [3.05, 3.63) is 35.0 Å². The molecule has 2 aromatic rings. The molecule has 0 saturated heterocycles. The van der Waals surface area contributed by atoms with E-state index in [4.69, 9.17) is 11.6 Å². The fraction of sp³-hybridized carbons (Fsp3) is 0.100. The molecule has 0 N–H and O–H groups in total. The predicted octanol–water partition coefficient (Wildman–Crippen LogP) is 0.255. The fourth-order valence-corrected chi connectivity index (χ4v) is 1.82. The minimum absolute atomic E-state index is 0. The van der Waals surface area contributed by atoms with Gasteiger partial charge >= 0.3 is 58.4 Å². The molecule has 17 heavy (non-hydrogen) atoms. The number of hydrogen-bond donors (Lipinski definition) is 0. The molecule has 2 rings (SSSR count). The molecule has 7 heteroatoms. The Bertz CT molecular complexity index is 559. The number of halogens is 4. The third kappa shape index (κ3) is 3.24. The number of hydrogen-bond acceptors (Lipinski definition) is 1. The third-order valence-electron chi connectivity index (χ3n) is 2.38. The van der Waals surface area contributed by atoms with E-state index in [1.807, 2.05) is 0 Å². The minimum Gasteiger partial charge on any atom is -0.445 e. The van der Waals surface area contributed by atoms with Gasteiger partial charge in [0, 0.05) is 11.6 Å². The zero-order valence-electron chi connectivity index (χ0n) is 9.35. The summed E-state index contributed by atoms with van der Waals surface area (Å²) in [5.41, 5.74) is 0.352. The molecule has 1 nitrogen and oxygen atoms in total. The van der Waals surface area contributed by atoms with Crippen LogP contribution in [0, 0.1) is 6.92 Å². The molecule has 84 valence electrons. The molecule has 0 radical (unpaired) electrons. The molecule has 0 fully saturated rings. The minimum atomic E-state index is -5.01. The summed E-state index contributed by atoms with van der Waals surface area (Å²) in [6, 6.07) is 3.64. The Kier molecular flexibility index (Phi) is 5.08. The van der Waals surface area contributed by atoms with Crippen LogP contribution in [0.1, 0.15) is 5.56 Å². The molecule has 0 amide bonds. The van der Waals surface area contributed by atoms with Crippen molar-refractivity contribution in [2.75, 3.05) is 0 Å². The van der Waals surface area contributed by atoms with Gasteiger partial charge in [0.2, 0.25) is 0 Å². The average Bonchev–Trinajstić information content (AvgIpc) is 2.18. The first kappa shape index (κ1) is 15.5. The number of aryl methyl sites for hydroxylation is 1. The van der Waals surface area contributed by atoms with Crippen molar-refractivity contribution in [2.45, 2.75) is 6.92 Å². The zero-order chi connectivity index (χ0) is 11.9. The molecule has 0 saturated carbocycles. The molecule has 1 aromatic heterocycles. The number of fused-ring (bicyclic) bond motifs is 1. The van der Waals surface area contributed by atoms with E-state index in [1.54, 1.807) is 6.92 Å². The van der Waals surface area contributed by atoms with Crippen LogP contribution in [-0.2, 0) is 0 Å². The first-order valence-corrected chi connectivity index (χ1v) is 5.02. The number of nitrogens with zero attached hydrogens (tertiary/aromatic N) is 1. The van der Waals surface area contributed by atoms with Crippen molar-refractivity contribution in [3.8, 4) is 0 Å². The molecular weight excluding hydrogens is 276 g/mol. The van der Waals surface area contributed by atoms with Crippen LogP contribution in [-0.4, -0.2) is 12.0 Å². The number of aromatic nitrogens is 1. The van der Waals surface area contributed by atoms with Crippen LogP contribution in [0.25, 0.3) is 10.9 Å². The zero-order valence-corrected chi connectivity index (χ0v) is 13.2. The van der Waals surface area contributed by atoms with Crippen LogP contribution in [0.2, 0.25) is 5.02 Å². The Labute approximate surface area is 144 Å². The number of rotatable bonds is 1. The van der Waals surface area contributed by atoms with Crippen LogP contribution < -0.4 is 56.8 Å². The smallest absolute Gasteiger partial charge is 0.445 e. The molecule has 0 aliphatic carbocycles. The van der Waals surface area contributed by atoms with Gasteiger partial charge in [0.25, 0.3) is 0 Å². The quantitative estimate of drug-likeness (QED) is 0.684. The van der Waals surface area contributed by atoms with Gasteiger partial charge in [-0.05, 0) is 18.6 Å². The van der Waals surface area contributed by atoms with Gasteiger partial charge in [-0.2, -0.15) is 0 Å². The van der Waals surface area contributed by atoms with Gasteiger partial charge in [-0.1, -0.05) is 23.7 Å². The van der Waals surface area contributed by atoms with Gasteiger partial charge < -0.3 is 12.9 Å². The Balaban J connectivity index is 0.00000144. The van der Waals surface area contributed by atoms with E-state index in [-0.39, 0.29) is 56.4 Å². The topological polar surface area (TPSA) is 12.9 Å². The molecule has 0 aliphatic rings. The van der Waals surface area contributed by atoms with Crippen LogP contribution >= 0.6 is 11.6 Å². The first-order chi connectivity index (χ1) is 7.39. The van der Waals surface area contributed by atoms with E-state index in [0.717, 1.165) is 12.1 Å². The van der Waals surface area contributed by atoms with Crippen molar-refractivity contribution in [2.24, 2.45) is 0 Å². The molecule has 0 spiro atoms. The normalized spacial score (nSPS) is 11.4. The SMILES string of the molecule is Cc1cc([B-](F)(F)F)cc2c(Cl)ccnc12.[K+]. The number of pyridine rings is 1. The Hall–Kier alpha value is 0.411. The van der Waals surface area contributed by atoms with Crippen LogP contribution in [0.3, 0.4) is 0 Å². The summed E-state index contributed by atoms with van der Waals surface area (Å²) in [6.07, 6.45) is 1.48. The molecule has 0 aliphatic heterocycles. The molecule has 0 atom stereocenters. The Morgan fingerprint density at radius 1 is 1.24 bits per heavy atom. The summed E-state index contributed by atoms with van der Waals surface area (Å²) < 4.78 is 37.9. The monoisotopic (exact) mass is 283 g/mol. The van der Waals surface area contributed by atoms with E-state index < -0.39 is 12.4 Å². The van der Waals surface area contributed by atoms with Crippen LogP contribution in [0.5, 0.6) is 0 Å². The van der Waals surface area contributed by atoms with E-state index in [1.165, 1.54) is 12.3 Å². The number of benzene rings is 1. The van der Waals surface area contributed by atoms with Gasteiger partial charge in [0.05, 0.1) is 10.5 Å². The Morgan fingerprint density at radius 2 is 1.88 bits per heavy atom. The maximum atomic E-state index is 12.6. The predicted molar refractivity (Wildman–Crippen MR) is 60.2 cm³/mol. The van der Waals surface area contributed by atoms with Crippen LogP contribution in [0.15, 0.2) is 24.4 Å². The maximum absolute atomic E-state index is 12.6.